The number of carbonyl (C=O) groups excluding carboxylic acids is 2. The van der Waals surface area contributed by atoms with Crippen LogP contribution >= 0.6 is 11.6 Å². The maximum atomic E-state index is 13.7. The number of nitrogens with zero attached hydrogens (tertiary/aromatic N) is 2. The largest absolute Gasteiger partial charge is 0.497 e. The summed E-state index contributed by atoms with van der Waals surface area (Å²) in [5, 5.41) is 2.98. The van der Waals surface area contributed by atoms with Gasteiger partial charge >= 0.3 is 0 Å². The third kappa shape index (κ3) is 6.35. The van der Waals surface area contributed by atoms with E-state index < -0.39 is 28.5 Å². The van der Waals surface area contributed by atoms with E-state index in [0.717, 1.165) is 9.87 Å². The van der Waals surface area contributed by atoms with Crippen molar-refractivity contribution in [3.8, 4) is 5.75 Å². The number of hydrogen-bond acceptors (Lipinski definition) is 5. The molecule has 1 atom stereocenters. The van der Waals surface area contributed by atoms with Crippen molar-refractivity contribution < 1.29 is 22.7 Å². The second kappa shape index (κ2) is 11.9. The maximum Gasteiger partial charge on any atom is 0.264 e. The Morgan fingerprint density at radius 2 is 1.58 bits per heavy atom. The van der Waals surface area contributed by atoms with Gasteiger partial charge in [0.1, 0.15) is 18.3 Å². The molecule has 10 heteroatoms. The van der Waals surface area contributed by atoms with Gasteiger partial charge in [-0.15, -0.1) is 0 Å². The van der Waals surface area contributed by atoms with E-state index in [1.54, 1.807) is 68.6 Å². The standard InChI is InChI=1S/C26H28ClN3O5S/c1-19(26(32)28-2)29(17-20-9-15-23(35-3)16-10-20)25(31)18-30(22-13-11-21(27)12-14-22)36(33,34)24-7-5-4-6-8-24/h4-16,19H,17-18H2,1-3H3,(H,28,32)/t19-/m1/s1. The smallest absolute Gasteiger partial charge is 0.264 e. The lowest BCUT2D eigenvalue weighted by molar-refractivity contribution is -0.139. The molecular formula is C26H28ClN3O5S. The molecule has 8 nitrogen and oxygen atoms in total. The van der Waals surface area contributed by atoms with Gasteiger partial charge in [-0.25, -0.2) is 8.42 Å². The second-order valence-corrected chi connectivity index (χ2v) is 10.3. The average Bonchev–Trinajstić information content (AvgIpc) is 2.90. The minimum Gasteiger partial charge on any atom is -0.497 e. The molecule has 0 aliphatic carbocycles. The zero-order chi connectivity index (χ0) is 26.3. The number of ether oxygens (including phenoxy) is 1. The van der Waals surface area contributed by atoms with E-state index >= 15 is 0 Å². The molecule has 0 spiro atoms. The lowest BCUT2D eigenvalue weighted by atomic mass is 10.1. The molecule has 190 valence electrons. The number of amides is 2. The number of rotatable bonds is 10. The molecule has 0 aliphatic rings. The molecule has 0 saturated carbocycles. The predicted octanol–water partition coefficient (Wildman–Crippen LogP) is 3.71. The molecule has 36 heavy (non-hydrogen) atoms. The monoisotopic (exact) mass is 529 g/mol. The maximum absolute atomic E-state index is 13.7. The van der Waals surface area contributed by atoms with Gasteiger partial charge in [-0.05, 0) is 61.0 Å². The van der Waals surface area contributed by atoms with Crippen molar-refractivity contribution in [2.75, 3.05) is 25.0 Å². The molecular weight excluding hydrogens is 502 g/mol. The van der Waals surface area contributed by atoms with E-state index in [0.29, 0.717) is 10.8 Å². The molecule has 0 aromatic heterocycles. The van der Waals surface area contributed by atoms with E-state index in [4.69, 9.17) is 16.3 Å². The van der Waals surface area contributed by atoms with E-state index in [1.165, 1.54) is 36.2 Å². The van der Waals surface area contributed by atoms with Gasteiger partial charge in [0.25, 0.3) is 10.0 Å². The summed E-state index contributed by atoms with van der Waals surface area (Å²) in [6.07, 6.45) is 0. The second-order valence-electron chi connectivity index (χ2n) is 7.96. The van der Waals surface area contributed by atoms with Crippen LogP contribution in [-0.2, 0) is 26.2 Å². The molecule has 2 amide bonds. The fraction of sp³-hybridized carbons (Fsp3) is 0.231. The van der Waals surface area contributed by atoms with Crippen LogP contribution in [0.2, 0.25) is 5.02 Å². The van der Waals surface area contributed by atoms with Crippen molar-refractivity contribution in [3.63, 3.8) is 0 Å². The van der Waals surface area contributed by atoms with Gasteiger partial charge < -0.3 is 15.0 Å². The van der Waals surface area contributed by atoms with Gasteiger partial charge in [-0.3, -0.25) is 13.9 Å². The summed E-state index contributed by atoms with van der Waals surface area (Å²) in [5.74, 6) is -0.268. The Morgan fingerprint density at radius 3 is 2.14 bits per heavy atom. The summed E-state index contributed by atoms with van der Waals surface area (Å²) < 4.78 is 33.4. The SMILES string of the molecule is CNC(=O)[C@@H](C)N(Cc1ccc(OC)cc1)C(=O)CN(c1ccc(Cl)cc1)S(=O)(=O)c1ccccc1. The zero-order valence-electron chi connectivity index (χ0n) is 20.2. The quantitative estimate of drug-likeness (QED) is 0.432. The van der Waals surface area contributed by atoms with Crippen LogP contribution < -0.4 is 14.4 Å². The molecule has 3 rings (SSSR count). The third-order valence-electron chi connectivity index (χ3n) is 5.65. The highest BCUT2D eigenvalue weighted by Gasteiger charge is 2.32. The molecule has 0 fully saturated rings. The minimum absolute atomic E-state index is 0.0359. The number of hydrogen-bond donors (Lipinski definition) is 1. The van der Waals surface area contributed by atoms with Crippen LogP contribution in [0.15, 0.2) is 83.8 Å². The van der Waals surface area contributed by atoms with Gasteiger partial charge in [0.05, 0.1) is 17.7 Å². The van der Waals surface area contributed by atoms with Gasteiger partial charge in [0.2, 0.25) is 11.8 Å². The Morgan fingerprint density at radius 1 is 0.972 bits per heavy atom. The fourth-order valence-corrected chi connectivity index (χ4v) is 5.14. The van der Waals surface area contributed by atoms with Crippen LogP contribution in [0.25, 0.3) is 0 Å². The Hall–Kier alpha value is -3.56. The van der Waals surface area contributed by atoms with Crippen LogP contribution in [0, 0.1) is 0 Å². The summed E-state index contributed by atoms with van der Waals surface area (Å²) in [6, 6.07) is 20.2. The third-order valence-corrected chi connectivity index (χ3v) is 7.69. The lowest BCUT2D eigenvalue weighted by Gasteiger charge is -2.31. The molecule has 3 aromatic carbocycles. The van der Waals surface area contributed by atoms with Gasteiger partial charge in [0, 0.05) is 18.6 Å². The van der Waals surface area contributed by atoms with Crippen LogP contribution in [-0.4, -0.2) is 51.9 Å². The molecule has 0 radical (unpaired) electrons. The van der Waals surface area contributed by atoms with Crippen LogP contribution in [0.4, 0.5) is 5.69 Å². The van der Waals surface area contributed by atoms with Gasteiger partial charge in [0.15, 0.2) is 0 Å². The number of sulfonamides is 1. The van der Waals surface area contributed by atoms with Crippen LogP contribution in [0.3, 0.4) is 0 Å². The van der Waals surface area contributed by atoms with Gasteiger partial charge in [-0.1, -0.05) is 41.9 Å². The van der Waals surface area contributed by atoms with Crippen molar-refractivity contribution in [1.82, 2.24) is 10.2 Å². The van der Waals surface area contributed by atoms with E-state index in [9.17, 15) is 18.0 Å². The first-order chi connectivity index (χ1) is 17.2. The predicted molar refractivity (Wildman–Crippen MR) is 139 cm³/mol. The highest BCUT2D eigenvalue weighted by atomic mass is 35.5. The molecule has 0 aliphatic heterocycles. The molecule has 0 unspecified atom stereocenters. The van der Waals surface area contributed by atoms with Crippen molar-refractivity contribution in [2.45, 2.75) is 24.4 Å². The van der Waals surface area contributed by atoms with Gasteiger partial charge in [-0.2, -0.15) is 0 Å². The molecule has 0 saturated heterocycles. The molecule has 1 N–H and O–H groups in total. The summed E-state index contributed by atoms with van der Waals surface area (Å²) in [7, 11) is -1.07. The van der Waals surface area contributed by atoms with E-state index in [1.807, 2.05) is 0 Å². The summed E-state index contributed by atoms with van der Waals surface area (Å²) in [6.45, 7) is 1.17. The van der Waals surface area contributed by atoms with Crippen molar-refractivity contribution >= 4 is 39.1 Å². The Kier molecular flexibility index (Phi) is 8.95. The zero-order valence-corrected chi connectivity index (χ0v) is 21.8. The number of halogens is 1. The first kappa shape index (κ1) is 27.0. The minimum atomic E-state index is -4.10. The van der Waals surface area contributed by atoms with Crippen molar-refractivity contribution in [3.05, 3.63) is 89.4 Å². The fourth-order valence-electron chi connectivity index (χ4n) is 3.57. The van der Waals surface area contributed by atoms with Crippen LogP contribution in [0.5, 0.6) is 5.75 Å². The first-order valence-electron chi connectivity index (χ1n) is 11.1. The number of benzene rings is 3. The van der Waals surface area contributed by atoms with Crippen molar-refractivity contribution in [1.29, 1.82) is 0 Å². The molecule has 0 heterocycles. The van der Waals surface area contributed by atoms with E-state index in [2.05, 4.69) is 5.32 Å². The summed E-state index contributed by atoms with van der Waals surface area (Å²) >= 11 is 6.01. The first-order valence-corrected chi connectivity index (χ1v) is 13.0. The Balaban J connectivity index is 1.99. The molecule has 3 aromatic rings. The average molecular weight is 530 g/mol. The number of likely N-dealkylation sites (N-methyl/N-ethyl adjacent to an activating group) is 1. The normalized spacial score (nSPS) is 11.9. The lowest BCUT2D eigenvalue weighted by Crippen LogP contribution is -2.50. The van der Waals surface area contributed by atoms with Crippen LogP contribution in [0.1, 0.15) is 12.5 Å². The van der Waals surface area contributed by atoms with E-state index in [-0.39, 0.29) is 23.0 Å². The number of nitrogens with one attached hydrogen (secondary N) is 1. The highest BCUT2D eigenvalue weighted by molar-refractivity contribution is 7.92. The number of anilines is 1. The highest BCUT2D eigenvalue weighted by Crippen LogP contribution is 2.26. The van der Waals surface area contributed by atoms with Crippen molar-refractivity contribution in [2.24, 2.45) is 0 Å². The number of carbonyl (C=O) groups is 2. The number of methoxy groups -OCH3 is 1. The Labute approximate surface area is 216 Å². The topological polar surface area (TPSA) is 96.0 Å². The summed E-state index contributed by atoms with van der Waals surface area (Å²) in [5.41, 5.74) is 1.03. The Bertz CT molecular complexity index is 1280. The molecule has 0 bridgehead atoms. The summed E-state index contributed by atoms with van der Waals surface area (Å²) in [4.78, 5) is 27.5.